The van der Waals surface area contributed by atoms with Crippen molar-refractivity contribution >= 4 is 21.6 Å². The van der Waals surface area contributed by atoms with Gasteiger partial charge in [-0.15, -0.1) is 0 Å². The molecule has 3 rings (SSSR count). The molecule has 2 aromatic rings. The van der Waals surface area contributed by atoms with Gasteiger partial charge in [0.15, 0.2) is 0 Å². The number of aryl methyl sites for hydroxylation is 1. The Bertz CT molecular complexity index is 623. The van der Waals surface area contributed by atoms with Gasteiger partial charge in [0.1, 0.15) is 5.75 Å². The summed E-state index contributed by atoms with van der Waals surface area (Å²) in [5.41, 5.74) is 3.65. The van der Waals surface area contributed by atoms with E-state index < -0.39 is 0 Å². The minimum atomic E-state index is 0.361. The van der Waals surface area contributed by atoms with E-state index in [0.29, 0.717) is 6.04 Å². The summed E-state index contributed by atoms with van der Waals surface area (Å²) >= 11 is 3.53. The molecule has 0 aliphatic heterocycles. The molecule has 2 nitrogen and oxygen atoms in total. The lowest BCUT2D eigenvalue weighted by Crippen LogP contribution is -2.14. The number of ether oxygens (including phenoxy) is 1. The van der Waals surface area contributed by atoms with Crippen molar-refractivity contribution in [1.82, 2.24) is 0 Å². The Kier molecular flexibility index (Phi) is 4.20. The smallest absolute Gasteiger partial charge is 0.143 e. The van der Waals surface area contributed by atoms with Gasteiger partial charge in [0.25, 0.3) is 0 Å². The predicted molar refractivity (Wildman–Crippen MR) is 91.0 cm³/mol. The van der Waals surface area contributed by atoms with Crippen molar-refractivity contribution in [2.45, 2.75) is 25.8 Å². The van der Waals surface area contributed by atoms with E-state index in [1.165, 1.54) is 24.0 Å². The lowest BCUT2D eigenvalue weighted by Gasteiger charge is -2.23. The van der Waals surface area contributed by atoms with E-state index in [1.807, 2.05) is 6.07 Å². The molecule has 1 fully saturated rings. The van der Waals surface area contributed by atoms with Gasteiger partial charge in [-0.1, -0.05) is 46.3 Å². The Balaban J connectivity index is 1.94. The molecule has 0 spiro atoms. The largest absolute Gasteiger partial charge is 0.495 e. The SMILES string of the molecule is COc1cc(Br)cc(C)c1NC(c1ccccc1)C1CC1. The first-order valence-electron chi connectivity index (χ1n) is 7.34. The van der Waals surface area contributed by atoms with Crippen LogP contribution in [0.4, 0.5) is 5.69 Å². The summed E-state index contributed by atoms with van der Waals surface area (Å²) in [6.07, 6.45) is 2.59. The summed E-state index contributed by atoms with van der Waals surface area (Å²) in [5.74, 6) is 1.61. The van der Waals surface area contributed by atoms with E-state index >= 15 is 0 Å². The molecule has 1 unspecified atom stereocenters. The van der Waals surface area contributed by atoms with Gasteiger partial charge in [-0.05, 0) is 48.9 Å². The monoisotopic (exact) mass is 345 g/mol. The van der Waals surface area contributed by atoms with Gasteiger partial charge in [0.05, 0.1) is 18.8 Å². The van der Waals surface area contributed by atoms with Crippen molar-refractivity contribution in [1.29, 1.82) is 0 Å². The van der Waals surface area contributed by atoms with Crippen molar-refractivity contribution in [3.8, 4) is 5.75 Å². The Labute approximate surface area is 134 Å². The molecular weight excluding hydrogens is 326 g/mol. The zero-order chi connectivity index (χ0) is 14.8. The Morgan fingerprint density at radius 3 is 2.52 bits per heavy atom. The number of halogens is 1. The van der Waals surface area contributed by atoms with Crippen molar-refractivity contribution in [2.75, 3.05) is 12.4 Å². The number of methoxy groups -OCH3 is 1. The zero-order valence-electron chi connectivity index (χ0n) is 12.4. The first-order valence-corrected chi connectivity index (χ1v) is 8.14. The fraction of sp³-hybridized carbons (Fsp3) is 0.333. The molecule has 0 bridgehead atoms. The average molecular weight is 346 g/mol. The predicted octanol–water partition coefficient (Wildman–Crippen LogP) is 5.33. The standard InChI is InChI=1S/C18H20BrNO/c1-12-10-15(19)11-16(21-2)17(12)20-18(14-8-9-14)13-6-4-3-5-7-13/h3-7,10-11,14,18,20H,8-9H2,1-2H3. The van der Waals surface area contributed by atoms with Crippen molar-refractivity contribution in [2.24, 2.45) is 5.92 Å². The lowest BCUT2D eigenvalue weighted by molar-refractivity contribution is 0.415. The highest BCUT2D eigenvalue weighted by Crippen LogP contribution is 2.45. The highest BCUT2D eigenvalue weighted by Gasteiger charge is 2.33. The van der Waals surface area contributed by atoms with Gasteiger partial charge in [0.2, 0.25) is 0 Å². The zero-order valence-corrected chi connectivity index (χ0v) is 14.0. The second-order valence-electron chi connectivity index (χ2n) is 5.67. The van der Waals surface area contributed by atoms with Crippen LogP contribution in [0.1, 0.15) is 30.0 Å². The molecule has 1 N–H and O–H groups in total. The van der Waals surface area contributed by atoms with Crippen LogP contribution >= 0.6 is 15.9 Å². The fourth-order valence-electron chi connectivity index (χ4n) is 2.78. The maximum absolute atomic E-state index is 5.55. The lowest BCUT2D eigenvalue weighted by atomic mass is 10.0. The molecule has 0 amide bonds. The van der Waals surface area contributed by atoms with Crippen LogP contribution in [0, 0.1) is 12.8 Å². The summed E-state index contributed by atoms with van der Waals surface area (Å²) in [6.45, 7) is 2.12. The molecular formula is C18H20BrNO. The summed E-state index contributed by atoms with van der Waals surface area (Å²) in [4.78, 5) is 0. The molecule has 1 saturated carbocycles. The highest BCUT2D eigenvalue weighted by atomic mass is 79.9. The van der Waals surface area contributed by atoms with Crippen molar-refractivity contribution in [3.63, 3.8) is 0 Å². The van der Waals surface area contributed by atoms with Crippen LogP contribution in [0.2, 0.25) is 0 Å². The van der Waals surface area contributed by atoms with Gasteiger partial charge in [0, 0.05) is 4.47 Å². The third kappa shape index (κ3) is 3.24. The summed E-state index contributed by atoms with van der Waals surface area (Å²) < 4.78 is 6.60. The summed E-state index contributed by atoms with van der Waals surface area (Å²) in [6, 6.07) is 15.2. The Hall–Kier alpha value is -1.48. The molecule has 1 atom stereocenters. The molecule has 0 heterocycles. The van der Waals surface area contributed by atoms with E-state index in [-0.39, 0.29) is 0 Å². The van der Waals surface area contributed by atoms with Crippen LogP contribution in [-0.4, -0.2) is 7.11 Å². The van der Waals surface area contributed by atoms with Crippen LogP contribution < -0.4 is 10.1 Å². The first-order chi connectivity index (χ1) is 10.2. The van der Waals surface area contributed by atoms with E-state index in [0.717, 1.165) is 21.8 Å². The minimum Gasteiger partial charge on any atom is -0.495 e. The Morgan fingerprint density at radius 2 is 1.90 bits per heavy atom. The topological polar surface area (TPSA) is 21.3 Å². The van der Waals surface area contributed by atoms with Gasteiger partial charge in [-0.3, -0.25) is 0 Å². The molecule has 1 aliphatic carbocycles. The van der Waals surface area contributed by atoms with E-state index in [1.54, 1.807) is 7.11 Å². The van der Waals surface area contributed by atoms with E-state index in [9.17, 15) is 0 Å². The maximum Gasteiger partial charge on any atom is 0.143 e. The molecule has 1 aliphatic rings. The number of nitrogens with one attached hydrogen (secondary N) is 1. The van der Waals surface area contributed by atoms with Crippen LogP contribution in [-0.2, 0) is 0 Å². The second-order valence-corrected chi connectivity index (χ2v) is 6.59. The molecule has 3 heteroatoms. The number of anilines is 1. The number of hydrogen-bond acceptors (Lipinski definition) is 2. The van der Waals surface area contributed by atoms with Crippen molar-refractivity contribution in [3.05, 3.63) is 58.1 Å². The third-order valence-electron chi connectivity index (χ3n) is 4.04. The quantitative estimate of drug-likeness (QED) is 0.790. The maximum atomic E-state index is 5.55. The number of hydrogen-bond donors (Lipinski definition) is 1. The normalized spacial score (nSPS) is 15.6. The summed E-state index contributed by atoms with van der Waals surface area (Å²) in [5, 5.41) is 3.73. The molecule has 21 heavy (non-hydrogen) atoms. The van der Waals surface area contributed by atoms with Crippen LogP contribution in [0.3, 0.4) is 0 Å². The van der Waals surface area contributed by atoms with Gasteiger partial charge >= 0.3 is 0 Å². The molecule has 0 aromatic heterocycles. The van der Waals surface area contributed by atoms with E-state index in [2.05, 4.69) is 64.6 Å². The molecule has 0 saturated heterocycles. The molecule has 2 aromatic carbocycles. The van der Waals surface area contributed by atoms with Gasteiger partial charge in [-0.2, -0.15) is 0 Å². The van der Waals surface area contributed by atoms with E-state index in [4.69, 9.17) is 4.74 Å². The Morgan fingerprint density at radius 1 is 1.19 bits per heavy atom. The van der Waals surface area contributed by atoms with Gasteiger partial charge in [-0.25, -0.2) is 0 Å². The van der Waals surface area contributed by atoms with Crippen LogP contribution in [0.15, 0.2) is 46.9 Å². The first kappa shape index (κ1) is 14.5. The van der Waals surface area contributed by atoms with Gasteiger partial charge < -0.3 is 10.1 Å². The molecule has 110 valence electrons. The fourth-order valence-corrected chi connectivity index (χ4v) is 3.33. The second kappa shape index (κ2) is 6.10. The minimum absolute atomic E-state index is 0.361. The summed E-state index contributed by atoms with van der Waals surface area (Å²) in [7, 11) is 1.72. The number of rotatable bonds is 5. The third-order valence-corrected chi connectivity index (χ3v) is 4.49. The van der Waals surface area contributed by atoms with Crippen LogP contribution in [0.25, 0.3) is 0 Å². The molecule has 0 radical (unpaired) electrons. The number of benzene rings is 2. The average Bonchev–Trinajstić information content (AvgIpc) is 3.31. The van der Waals surface area contributed by atoms with Crippen molar-refractivity contribution < 1.29 is 4.74 Å². The highest BCUT2D eigenvalue weighted by molar-refractivity contribution is 9.10. The van der Waals surface area contributed by atoms with Crippen LogP contribution in [0.5, 0.6) is 5.75 Å².